The molecule has 1 nitrogen and oxygen atoms in total. The summed E-state index contributed by atoms with van der Waals surface area (Å²) in [5.41, 5.74) is 1.50. The van der Waals surface area contributed by atoms with Crippen LogP contribution >= 0.6 is 27.5 Å². The lowest BCUT2D eigenvalue weighted by atomic mass is 10.0. The van der Waals surface area contributed by atoms with Crippen molar-refractivity contribution in [3.63, 3.8) is 0 Å². The molecular weight excluding hydrogens is 324 g/mol. The summed E-state index contributed by atoms with van der Waals surface area (Å²) in [4.78, 5) is 4.07. The maximum absolute atomic E-state index is 13.3. The molecule has 0 saturated heterocycles. The Labute approximate surface area is 116 Å². The van der Waals surface area contributed by atoms with Crippen LogP contribution in [0.15, 0.2) is 41.5 Å². The van der Waals surface area contributed by atoms with E-state index in [1.54, 1.807) is 12.1 Å². The maximum atomic E-state index is 13.3. The Hall–Kier alpha value is -1.26. The average molecular weight is 331 g/mol. The van der Waals surface area contributed by atoms with Gasteiger partial charge < -0.3 is 0 Å². The van der Waals surface area contributed by atoms with E-state index < -0.39 is 11.6 Å². The molecule has 0 unspecified atom stereocenters. The first-order valence-electron chi connectivity index (χ1n) is 4.95. The smallest absolute Gasteiger partial charge is 0.173 e. The molecule has 1 heterocycles. The van der Waals surface area contributed by atoms with Crippen LogP contribution in [0.25, 0.3) is 5.57 Å². The highest BCUT2D eigenvalue weighted by Crippen LogP contribution is 2.27. The molecule has 0 fully saturated rings. The summed E-state index contributed by atoms with van der Waals surface area (Å²) >= 11 is 8.68. The monoisotopic (exact) mass is 329 g/mol. The number of aromatic nitrogens is 1. The van der Waals surface area contributed by atoms with E-state index in [2.05, 4.69) is 27.5 Å². The SMILES string of the molecule is C=C(c1cc(F)c(F)c(Br)c1)c1ccc(Cl)cn1. The summed E-state index contributed by atoms with van der Waals surface area (Å²) in [5, 5.41) is 0.498. The molecule has 2 aromatic rings. The van der Waals surface area contributed by atoms with Crippen LogP contribution in [0.1, 0.15) is 11.3 Å². The highest BCUT2D eigenvalue weighted by Gasteiger charge is 2.12. The van der Waals surface area contributed by atoms with Crippen molar-refractivity contribution in [3.05, 3.63) is 69.4 Å². The molecule has 0 radical (unpaired) electrons. The molecule has 18 heavy (non-hydrogen) atoms. The molecule has 1 aromatic carbocycles. The number of nitrogens with zero attached hydrogens (tertiary/aromatic N) is 1. The summed E-state index contributed by atoms with van der Waals surface area (Å²) in [7, 11) is 0. The van der Waals surface area contributed by atoms with Gasteiger partial charge in [-0.1, -0.05) is 18.2 Å². The molecule has 0 aliphatic rings. The quantitative estimate of drug-likeness (QED) is 0.718. The summed E-state index contributed by atoms with van der Waals surface area (Å²) in [6.45, 7) is 3.82. The lowest BCUT2D eigenvalue weighted by molar-refractivity contribution is 0.504. The molecular formula is C13H7BrClF2N. The van der Waals surface area contributed by atoms with Gasteiger partial charge in [0.1, 0.15) is 0 Å². The minimum absolute atomic E-state index is 0.0487. The molecule has 0 bridgehead atoms. The van der Waals surface area contributed by atoms with E-state index in [1.807, 2.05) is 0 Å². The molecule has 0 atom stereocenters. The highest BCUT2D eigenvalue weighted by atomic mass is 79.9. The van der Waals surface area contributed by atoms with Crippen LogP contribution in [0.5, 0.6) is 0 Å². The molecule has 5 heteroatoms. The van der Waals surface area contributed by atoms with Crippen molar-refractivity contribution in [1.82, 2.24) is 4.98 Å². The average Bonchev–Trinajstić information content (AvgIpc) is 2.35. The Morgan fingerprint density at radius 1 is 1.28 bits per heavy atom. The van der Waals surface area contributed by atoms with Crippen molar-refractivity contribution >= 4 is 33.1 Å². The van der Waals surface area contributed by atoms with Gasteiger partial charge in [-0.2, -0.15) is 0 Å². The van der Waals surface area contributed by atoms with Crippen LogP contribution in [-0.4, -0.2) is 4.98 Å². The predicted molar refractivity (Wildman–Crippen MR) is 71.4 cm³/mol. The third-order valence-corrected chi connectivity index (χ3v) is 3.17. The first-order valence-corrected chi connectivity index (χ1v) is 6.12. The molecule has 0 saturated carbocycles. The number of hydrogen-bond donors (Lipinski definition) is 0. The van der Waals surface area contributed by atoms with E-state index in [0.717, 1.165) is 6.07 Å². The summed E-state index contributed by atoms with van der Waals surface area (Å²) < 4.78 is 26.5. The molecule has 92 valence electrons. The van der Waals surface area contributed by atoms with Gasteiger partial charge in [0.15, 0.2) is 11.6 Å². The summed E-state index contributed by atoms with van der Waals surface area (Å²) in [6.07, 6.45) is 1.47. The number of hydrogen-bond acceptors (Lipinski definition) is 1. The van der Waals surface area contributed by atoms with E-state index in [4.69, 9.17) is 11.6 Å². The van der Waals surface area contributed by atoms with Gasteiger partial charge in [0, 0.05) is 11.8 Å². The van der Waals surface area contributed by atoms with E-state index in [0.29, 0.717) is 21.9 Å². The van der Waals surface area contributed by atoms with Gasteiger partial charge in [-0.25, -0.2) is 8.78 Å². The maximum Gasteiger partial charge on any atom is 0.173 e. The second kappa shape index (κ2) is 5.16. The standard InChI is InChI=1S/C13H7BrClF2N/c1-7(12-3-2-9(15)6-18-12)8-4-10(14)13(17)11(16)5-8/h2-6H,1H2. The number of benzene rings is 1. The van der Waals surface area contributed by atoms with E-state index >= 15 is 0 Å². The van der Waals surface area contributed by atoms with Gasteiger partial charge in [0.2, 0.25) is 0 Å². The largest absolute Gasteiger partial charge is 0.255 e. The van der Waals surface area contributed by atoms with E-state index in [-0.39, 0.29) is 4.47 Å². The number of pyridine rings is 1. The fraction of sp³-hybridized carbons (Fsp3) is 0. The molecule has 2 rings (SSSR count). The Morgan fingerprint density at radius 2 is 2.00 bits per heavy atom. The van der Waals surface area contributed by atoms with E-state index in [1.165, 1.54) is 12.3 Å². The van der Waals surface area contributed by atoms with Gasteiger partial charge in [-0.3, -0.25) is 4.98 Å². The van der Waals surface area contributed by atoms with Crippen molar-refractivity contribution in [2.24, 2.45) is 0 Å². The summed E-state index contributed by atoms with van der Waals surface area (Å²) in [5.74, 6) is -1.86. The first-order chi connectivity index (χ1) is 8.49. The zero-order chi connectivity index (χ0) is 13.3. The second-order valence-corrected chi connectivity index (χ2v) is 4.88. The zero-order valence-electron chi connectivity index (χ0n) is 9.05. The van der Waals surface area contributed by atoms with Crippen molar-refractivity contribution in [1.29, 1.82) is 0 Å². The predicted octanol–water partition coefficient (Wildman–Crippen LogP) is 4.84. The fourth-order valence-corrected chi connectivity index (χ4v) is 1.98. The Balaban J connectivity index is 2.43. The molecule has 0 amide bonds. The van der Waals surface area contributed by atoms with Gasteiger partial charge in [-0.15, -0.1) is 0 Å². The molecule has 0 aliphatic heterocycles. The van der Waals surface area contributed by atoms with Gasteiger partial charge >= 0.3 is 0 Å². The van der Waals surface area contributed by atoms with Crippen molar-refractivity contribution in [3.8, 4) is 0 Å². The van der Waals surface area contributed by atoms with Gasteiger partial charge in [0.25, 0.3) is 0 Å². The Bertz CT molecular complexity index is 588. The van der Waals surface area contributed by atoms with Crippen LogP contribution in [0, 0.1) is 11.6 Å². The topological polar surface area (TPSA) is 12.9 Å². The normalized spacial score (nSPS) is 10.4. The van der Waals surface area contributed by atoms with Crippen LogP contribution < -0.4 is 0 Å². The van der Waals surface area contributed by atoms with Crippen LogP contribution in [-0.2, 0) is 0 Å². The Morgan fingerprint density at radius 3 is 2.56 bits per heavy atom. The third kappa shape index (κ3) is 2.60. The van der Waals surface area contributed by atoms with Crippen molar-refractivity contribution in [2.45, 2.75) is 0 Å². The molecule has 0 spiro atoms. The molecule has 0 N–H and O–H groups in total. The lowest BCUT2D eigenvalue weighted by Gasteiger charge is -2.07. The fourth-order valence-electron chi connectivity index (χ4n) is 1.43. The van der Waals surface area contributed by atoms with Crippen molar-refractivity contribution in [2.75, 3.05) is 0 Å². The first kappa shape index (κ1) is 13.2. The highest BCUT2D eigenvalue weighted by molar-refractivity contribution is 9.10. The van der Waals surface area contributed by atoms with Crippen LogP contribution in [0.4, 0.5) is 8.78 Å². The zero-order valence-corrected chi connectivity index (χ0v) is 11.4. The number of halogens is 4. The van der Waals surface area contributed by atoms with Crippen molar-refractivity contribution < 1.29 is 8.78 Å². The van der Waals surface area contributed by atoms with Crippen LogP contribution in [0.2, 0.25) is 5.02 Å². The third-order valence-electron chi connectivity index (χ3n) is 2.37. The number of rotatable bonds is 2. The molecule has 1 aromatic heterocycles. The second-order valence-electron chi connectivity index (χ2n) is 3.59. The minimum Gasteiger partial charge on any atom is -0.255 e. The van der Waals surface area contributed by atoms with Gasteiger partial charge in [-0.05, 0) is 45.8 Å². The van der Waals surface area contributed by atoms with Gasteiger partial charge in [0.05, 0.1) is 15.2 Å². The Kier molecular flexibility index (Phi) is 3.78. The van der Waals surface area contributed by atoms with Crippen LogP contribution in [0.3, 0.4) is 0 Å². The lowest BCUT2D eigenvalue weighted by Crippen LogP contribution is -1.94. The van der Waals surface area contributed by atoms with E-state index in [9.17, 15) is 8.78 Å². The minimum atomic E-state index is -0.936. The molecule has 0 aliphatic carbocycles. The summed E-state index contributed by atoms with van der Waals surface area (Å²) in [6, 6.07) is 5.86.